The molecule has 154 valence electrons. The van der Waals surface area contributed by atoms with Crippen LogP contribution < -0.4 is 10.6 Å². The summed E-state index contributed by atoms with van der Waals surface area (Å²) in [7, 11) is 1.19. The Labute approximate surface area is 170 Å². The maximum atomic E-state index is 12.4. The van der Waals surface area contributed by atoms with Gasteiger partial charge >= 0.3 is 12.1 Å². The average molecular weight is 411 g/mol. The van der Waals surface area contributed by atoms with Gasteiger partial charge in [-0.1, -0.05) is 38.4 Å². The minimum absolute atomic E-state index is 0.148. The van der Waals surface area contributed by atoms with Crippen LogP contribution in [0.5, 0.6) is 0 Å². The molecular formula is C20H27ClN2O5. The highest BCUT2D eigenvalue weighted by Crippen LogP contribution is 2.26. The third kappa shape index (κ3) is 7.60. The molecule has 0 saturated heterocycles. The van der Waals surface area contributed by atoms with Crippen LogP contribution >= 0.6 is 11.6 Å². The van der Waals surface area contributed by atoms with Crippen molar-refractivity contribution in [1.82, 2.24) is 5.32 Å². The van der Waals surface area contributed by atoms with Crippen molar-refractivity contribution in [2.75, 3.05) is 12.4 Å². The highest BCUT2D eigenvalue weighted by molar-refractivity contribution is 6.31. The number of benzene rings is 1. The maximum Gasteiger partial charge on any atom is 0.412 e. The zero-order chi connectivity index (χ0) is 21.7. The zero-order valence-electron chi connectivity index (χ0n) is 17.2. The van der Waals surface area contributed by atoms with Crippen LogP contribution in [0.3, 0.4) is 0 Å². The summed E-state index contributed by atoms with van der Waals surface area (Å²) < 4.78 is 9.89. The number of anilines is 1. The van der Waals surface area contributed by atoms with E-state index in [1.807, 2.05) is 0 Å². The van der Waals surface area contributed by atoms with Gasteiger partial charge in [0, 0.05) is 21.7 Å². The van der Waals surface area contributed by atoms with E-state index in [9.17, 15) is 14.4 Å². The van der Waals surface area contributed by atoms with E-state index >= 15 is 0 Å². The molecule has 0 aliphatic carbocycles. The molecule has 0 unspecified atom stereocenters. The molecule has 0 spiro atoms. The van der Waals surface area contributed by atoms with E-state index in [1.54, 1.807) is 59.7 Å². The minimum Gasteiger partial charge on any atom is -0.464 e. The molecular weight excluding hydrogens is 384 g/mol. The second-order valence-corrected chi connectivity index (χ2v) is 8.55. The Bertz CT molecular complexity index is 789. The van der Waals surface area contributed by atoms with Gasteiger partial charge in [0.15, 0.2) is 0 Å². The first-order chi connectivity index (χ1) is 12.7. The van der Waals surface area contributed by atoms with Gasteiger partial charge in [-0.05, 0) is 39.0 Å². The number of carbonyl (C=O) groups excluding carboxylic acids is 3. The molecule has 0 radical (unpaired) electrons. The van der Waals surface area contributed by atoms with E-state index in [0.717, 1.165) is 0 Å². The Kier molecular flexibility index (Phi) is 7.64. The first-order valence-electron chi connectivity index (χ1n) is 8.64. The maximum absolute atomic E-state index is 12.4. The smallest absolute Gasteiger partial charge is 0.412 e. The van der Waals surface area contributed by atoms with Crippen LogP contribution in [0.2, 0.25) is 5.02 Å². The summed E-state index contributed by atoms with van der Waals surface area (Å²) in [6, 6.07) is 4.77. The predicted octanol–water partition coefficient (Wildman–Crippen LogP) is 4.36. The van der Waals surface area contributed by atoms with Gasteiger partial charge in [-0.3, -0.25) is 10.1 Å². The summed E-state index contributed by atoms with van der Waals surface area (Å²) in [5.41, 5.74) is -0.677. The lowest BCUT2D eigenvalue weighted by molar-refractivity contribution is -0.136. The molecule has 0 aliphatic rings. The monoisotopic (exact) mass is 410 g/mol. The number of esters is 1. The summed E-state index contributed by atoms with van der Waals surface area (Å²) in [4.78, 5) is 36.5. The molecule has 2 amide bonds. The molecule has 1 aromatic rings. The number of halogens is 1. The average Bonchev–Trinajstić information content (AvgIpc) is 2.53. The van der Waals surface area contributed by atoms with Gasteiger partial charge in [0.2, 0.25) is 5.91 Å². The van der Waals surface area contributed by atoms with Crippen molar-refractivity contribution in [3.63, 3.8) is 0 Å². The van der Waals surface area contributed by atoms with Crippen molar-refractivity contribution in [3.8, 4) is 0 Å². The first-order valence-corrected chi connectivity index (χ1v) is 9.02. The van der Waals surface area contributed by atoms with Crippen LogP contribution in [-0.4, -0.2) is 30.7 Å². The Balaban J connectivity index is 3.28. The molecule has 0 aliphatic heterocycles. The third-order valence-electron chi connectivity index (χ3n) is 3.29. The number of methoxy groups -OCH3 is 1. The lowest BCUT2D eigenvalue weighted by atomic mass is 9.95. The normalized spacial score (nSPS) is 12.2. The number of hydrogen-bond acceptors (Lipinski definition) is 5. The van der Waals surface area contributed by atoms with Crippen molar-refractivity contribution in [2.24, 2.45) is 5.41 Å². The van der Waals surface area contributed by atoms with Crippen LogP contribution in [0, 0.1) is 5.41 Å². The quantitative estimate of drug-likeness (QED) is 0.568. The number of ether oxygens (including phenoxy) is 2. The molecule has 0 aromatic heterocycles. The fraction of sp³-hybridized carbons (Fsp3) is 0.450. The zero-order valence-corrected chi connectivity index (χ0v) is 18.0. The van der Waals surface area contributed by atoms with Gasteiger partial charge in [-0.2, -0.15) is 0 Å². The number of alkyl carbamates (subject to hydrolysis) is 1. The number of hydrogen-bond donors (Lipinski definition) is 2. The van der Waals surface area contributed by atoms with Gasteiger partial charge in [0.05, 0.1) is 7.11 Å². The molecule has 0 saturated carbocycles. The molecule has 8 heteroatoms. The van der Waals surface area contributed by atoms with Crippen molar-refractivity contribution >= 4 is 41.3 Å². The number of amides is 2. The highest BCUT2D eigenvalue weighted by atomic mass is 35.5. The van der Waals surface area contributed by atoms with E-state index in [1.165, 1.54) is 13.2 Å². The van der Waals surface area contributed by atoms with Crippen molar-refractivity contribution in [2.45, 2.75) is 47.1 Å². The third-order valence-corrected chi connectivity index (χ3v) is 3.52. The van der Waals surface area contributed by atoms with Gasteiger partial charge in [-0.25, -0.2) is 9.59 Å². The van der Waals surface area contributed by atoms with Gasteiger partial charge in [-0.15, -0.1) is 0 Å². The summed E-state index contributed by atoms with van der Waals surface area (Å²) >= 11 is 6.04. The van der Waals surface area contributed by atoms with Crippen molar-refractivity contribution < 1.29 is 23.9 Å². The van der Waals surface area contributed by atoms with E-state index in [2.05, 4.69) is 10.6 Å². The number of carbonyl (C=O) groups is 3. The topological polar surface area (TPSA) is 93.7 Å². The molecule has 1 rings (SSSR count). The van der Waals surface area contributed by atoms with Crippen LogP contribution in [0.1, 0.15) is 47.1 Å². The molecule has 0 fully saturated rings. The summed E-state index contributed by atoms with van der Waals surface area (Å²) in [6.07, 6.45) is 0.572. The molecule has 28 heavy (non-hydrogen) atoms. The fourth-order valence-electron chi connectivity index (χ4n) is 1.90. The van der Waals surface area contributed by atoms with Crippen LogP contribution in [-0.2, 0) is 19.1 Å². The summed E-state index contributed by atoms with van der Waals surface area (Å²) in [6.45, 7) is 10.4. The van der Waals surface area contributed by atoms with Crippen molar-refractivity contribution in [3.05, 3.63) is 34.5 Å². The molecule has 0 bridgehead atoms. The largest absolute Gasteiger partial charge is 0.464 e. The Hall–Kier alpha value is -2.54. The summed E-state index contributed by atoms with van der Waals surface area (Å²) in [5, 5.41) is 5.56. The number of rotatable bonds is 4. The highest BCUT2D eigenvalue weighted by Gasteiger charge is 2.23. The van der Waals surface area contributed by atoms with E-state index in [0.29, 0.717) is 16.3 Å². The molecule has 2 N–H and O–H groups in total. The van der Waals surface area contributed by atoms with Crippen LogP contribution in [0.25, 0.3) is 6.08 Å². The standard InChI is InChI=1S/C20H27ClN2O5/c1-19(2,3)17(25)22-14-11-13(21)9-8-12(14)10-15(16(24)27-7)23-18(26)28-20(4,5)6/h8-11H,1-7H3,(H,22,25)(H,23,26)/b15-10-. The van der Waals surface area contributed by atoms with E-state index in [-0.39, 0.29) is 11.6 Å². The van der Waals surface area contributed by atoms with E-state index < -0.39 is 23.1 Å². The van der Waals surface area contributed by atoms with Crippen LogP contribution in [0.4, 0.5) is 10.5 Å². The number of nitrogens with one attached hydrogen (secondary N) is 2. The molecule has 1 aromatic carbocycles. The van der Waals surface area contributed by atoms with Crippen LogP contribution in [0.15, 0.2) is 23.9 Å². The summed E-state index contributed by atoms with van der Waals surface area (Å²) in [5.74, 6) is -1.00. The Morgan fingerprint density at radius 3 is 2.18 bits per heavy atom. The SMILES string of the molecule is COC(=O)/C(=C/c1ccc(Cl)cc1NC(=O)C(C)(C)C)NC(=O)OC(C)(C)C. The molecule has 0 heterocycles. The second-order valence-electron chi connectivity index (χ2n) is 8.11. The predicted molar refractivity (Wildman–Crippen MR) is 109 cm³/mol. The van der Waals surface area contributed by atoms with Crippen molar-refractivity contribution in [1.29, 1.82) is 0 Å². The van der Waals surface area contributed by atoms with E-state index in [4.69, 9.17) is 21.1 Å². The lowest BCUT2D eigenvalue weighted by Crippen LogP contribution is -2.34. The van der Waals surface area contributed by atoms with Gasteiger partial charge in [0.25, 0.3) is 0 Å². The Morgan fingerprint density at radius 1 is 1.07 bits per heavy atom. The second kappa shape index (κ2) is 9.10. The Morgan fingerprint density at radius 2 is 1.68 bits per heavy atom. The minimum atomic E-state index is -0.807. The van der Waals surface area contributed by atoms with Gasteiger partial charge < -0.3 is 14.8 Å². The molecule has 0 atom stereocenters. The first kappa shape index (κ1) is 23.5. The van der Waals surface area contributed by atoms with Gasteiger partial charge in [0.1, 0.15) is 11.3 Å². The fourth-order valence-corrected chi connectivity index (χ4v) is 2.07. The lowest BCUT2D eigenvalue weighted by Gasteiger charge is -2.20. The molecule has 7 nitrogen and oxygen atoms in total.